The van der Waals surface area contributed by atoms with Crippen LogP contribution in [0.1, 0.15) is 44.3 Å². The van der Waals surface area contributed by atoms with Crippen LogP contribution in [0.4, 0.5) is 11.4 Å². The molecule has 2 heterocycles. The first-order valence-electron chi connectivity index (χ1n) is 17.2. The number of rotatable bonds is 12. The highest BCUT2D eigenvalue weighted by Gasteiger charge is 2.17. The quantitative estimate of drug-likeness (QED) is 0.0790. The third kappa shape index (κ3) is 7.59. The van der Waals surface area contributed by atoms with Gasteiger partial charge in [0.05, 0.1) is 35.5 Å². The summed E-state index contributed by atoms with van der Waals surface area (Å²) in [6.07, 6.45) is 1.36. The predicted molar refractivity (Wildman–Crippen MR) is 209 cm³/mol. The van der Waals surface area contributed by atoms with Crippen molar-refractivity contribution in [1.82, 2.24) is 15.3 Å². The molecule has 0 saturated carbocycles. The number of nitrogens with one attached hydrogen (secondary N) is 3. The van der Waals surface area contributed by atoms with E-state index in [1.807, 2.05) is 31.2 Å². The molecule has 0 spiro atoms. The van der Waals surface area contributed by atoms with Gasteiger partial charge in [0.1, 0.15) is 11.5 Å². The number of hydrogen-bond donors (Lipinski definition) is 6. The van der Waals surface area contributed by atoms with E-state index in [2.05, 4.69) is 81.3 Å². The standard InChI is InChI=1S/C43H39N5O5/c1-25-17-28(20-35-40(25)46-23-36(43(44)52)41(35)47-31-7-4-8-32(21-31)53-2)18-27-5-3-6-30(19-27)29-11-9-26(10-12-29)22-45-24-38(50)33-13-15-37(49)42-34(33)14-16-39(51)48-42/h3-17,19-21,23,38,45,49-50H,18,22,24H2,1-2H3,(H2,44,52)(H,46,47)(H,48,51)/t38-/m0/s1. The Balaban J connectivity index is 1.06. The summed E-state index contributed by atoms with van der Waals surface area (Å²) in [4.78, 5) is 31.5. The van der Waals surface area contributed by atoms with Crippen LogP contribution in [-0.2, 0) is 13.0 Å². The Bertz CT molecular complexity index is 2530. The van der Waals surface area contributed by atoms with Crippen LogP contribution in [0.5, 0.6) is 11.5 Å². The molecular weight excluding hydrogens is 667 g/mol. The van der Waals surface area contributed by atoms with Gasteiger partial charge in [0.25, 0.3) is 5.91 Å². The van der Waals surface area contributed by atoms with Crippen molar-refractivity contribution in [1.29, 1.82) is 0 Å². The lowest BCUT2D eigenvalue weighted by Gasteiger charge is -2.16. The van der Waals surface area contributed by atoms with Crippen molar-refractivity contribution in [3.8, 4) is 22.6 Å². The Morgan fingerprint density at radius 2 is 1.70 bits per heavy atom. The number of aryl methyl sites for hydroxylation is 1. The molecule has 10 heteroatoms. The lowest BCUT2D eigenvalue weighted by atomic mass is 9.95. The van der Waals surface area contributed by atoms with Crippen LogP contribution >= 0.6 is 0 Å². The van der Waals surface area contributed by atoms with E-state index in [9.17, 15) is 19.8 Å². The number of H-pyrrole nitrogens is 1. The van der Waals surface area contributed by atoms with Crippen LogP contribution < -0.4 is 26.7 Å². The molecule has 2 aromatic heterocycles. The number of fused-ring (bicyclic) bond motifs is 2. The van der Waals surface area contributed by atoms with E-state index in [-0.39, 0.29) is 17.9 Å². The first kappa shape index (κ1) is 34.9. The number of aliphatic hydroxyl groups is 1. The highest BCUT2D eigenvalue weighted by molar-refractivity contribution is 6.08. The van der Waals surface area contributed by atoms with Gasteiger partial charge < -0.3 is 36.3 Å². The molecule has 10 nitrogen and oxygen atoms in total. The molecular formula is C43H39N5O5. The third-order valence-electron chi connectivity index (χ3n) is 9.38. The molecule has 53 heavy (non-hydrogen) atoms. The summed E-state index contributed by atoms with van der Waals surface area (Å²) in [7, 11) is 1.61. The Hall–Kier alpha value is -6.49. The van der Waals surface area contributed by atoms with Crippen LogP contribution in [0, 0.1) is 6.92 Å². The van der Waals surface area contributed by atoms with Gasteiger partial charge in [0, 0.05) is 47.9 Å². The topological polar surface area (TPSA) is 163 Å². The van der Waals surface area contributed by atoms with Gasteiger partial charge in [0.15, 0.2) is 0 Å². The number of nitrogens with two attached hydrogens (primary N) is 1. The second kappa shape index (κ2) is 15.0. The van der Waals surface area contributed by atoms with Gasteiger partial charge in [-0.3, -0.25) is 14.6 Å². The van der Waals surface area contributed by atoms with E-state index < -0.39 is 12.0 Å². The number of phenols is 1. The van der Waals surface area contributed by atoms with E-state index in [4.69, 9.17) is 10.5 Å². The van der Waals surface area contributed by atoms with Crippen LogP contribution in [0.25, 0.3) is 32.9 Å². The van der Waals surface area contributed by atoms with E-state index in [0.29, 0.717) is 46.4 Å². The molecule has 0 radical (unpaired) electrons. The number of carbonyl (C=O) groups is 1. The lowest BCUT2D eigenvalue weighted by molar-refractivity contribution is 0.100. The maximum atomic E-state index is 12.5. The molecule has 266 valence electrons. The summed E-state index contributed by atoms with van der Waals surface area (Å²) >= 11 is 0. The summed E-state index contributed by atoms with van der Waals surface area (Å²) in [6, 6.07) is 34.6. The maximum absolute atomic E-state index is 12.5. The van der Waals surface area contributed by atoms with Gasteiger partial charge in [-0.2, -0.15) is 0 Å². The molecule has 0 unspecified atom stereocenters. The number of methoxy groups -OCH3 is 1. The number of aromatic amines is 1. The smallest absolute Gasteiger partial charge is 0.252 e. The molecule has 0 aliphatic carbocycles. The zero-order valence-electron chi connectivity index (χ0n) is 29.3. The van der Waals surface area contributed by atoms with Gasteiger partial charge in [0.2, 0.25) is 5.56 Å². The first-order chi connectivity index (χ1) is 25.7. The van der Waals surface area contributed by atoms with E-state index in [0.717, 1.165) is 50.0 Å². The monoisotopic (exact) mass is 705 g/mol. The number of hydrogen-bond acceptors (Lipinski definition) is 8. The summed E-state index contributed by atoms with van der Waals surface area (Å²) in [5, 5.41) is 29.2. The first-order valence-corrected chi connectivity index (χ1v) is 17.2. The Labute approximate surface area is 305 Å². The molecule has 7 aromatic rings. The maximum Gasteiger partial charge on any atom is 0.252 e. The zero-order valence-corrected chi connectivity index (χ0v) is 29.3. The number of phenolic OH excluding ortho intramolecular Hbond substituents is 1. The molecule has 1 amide bonds. The van der Waals surface area contributed by atoms with Gasteiger partial charge in [-0.1, -0.05) is 66.7 Å². The Morgan fingerprint density at radius 3 is 2.49 bits per heavy atom. The van der Waals surface area contributed by atoms with Crippen molar-refractivity contribution < 1.29 is 19.7 Å². The number of carbonyl (C=O) groups excluding carboxylic acids is 1. The highest BCUT2D eigenvalue weighted by Crippen LogP contribution is 2.34. The van der Waals surface area contributed by atoms with Gasteiger partial charge >= 0.3 is 0 Å². The zero-order chi connectivity index (χ0) is 37.1. The normalized spacial score (nSPS) is 11.8. The van der Waals surface area contributed by atoms with Crippen molar-refractivity contribution in [2.24, 2.45) is 5.73 Å². The van der Waals surface area contributed by atoms with Crippen molar-refractivity contribution in [2.45, 2.75) is 26.0 Å². The molecule has 5 aromatic carbocycles. The second-order valence-electron chi connectivity index (χ2n) is 13.1. The fraction of sp³-hybridized carbons (Fsp3) is 0.140. The van der Waals surface area contributed by atoms with Gasteiger partial charge in [-0.15, -0.1) is 0 Å². The number of aliphatic hydroxyl groups excluding tert-OH is 1. The SMILES string of the molecule is COc1cccc(Nc2c(C(N)=O)cnc3c(C)cc(Cc4cccc(-c5ccc(CNC[C@H](O)c6ccc(O)c7[nH]c(=O)ccc67)cc5)c4)cc23)c1. The Kier molecular flexibility index (Phi) is 9.89. The average Bonchev–Trinajstić information content (AvgIpc) is 3.16. The van der Waals surface area contributed by atoms with E-state index in [1.165, 1.54) is 18.3 Å². The van der Waals surface area contributed by atoms with Gasteiger partial charge in [-0.25, -0.2) is 0 Å². The minimum atomic E-state index is -0.838. The van der Waals surface area contributed by atoms with Crippen LogP contribution in [-0.4, -0.2) is 39.7 Å². The van der Waals surface area contributed by atoms with Crippen molar-refractivity contribution in [2.75, 3.05) is 19.0 Å². The number of aromatic hydroxyl groups is 1. The average molecular weight is 706 g/mol. The summed E-state index contributed by atoms with van der Waals surface area (Å²) in [5.41, 5.74) is 15.3. The third-order valence-corrected chi connectivity index (χ3v) is 9.38. The number of pyridine rings is 2. The van der Waals surface area contributed by atoms with Crippen LogP contribution in [0.15, 0.2) is 120 Å². The fourth-order valence-electron chi connectivity index (χ4n) is 6.75. The minimum Gasteiger partial charge on any atom is -0.506 e. The summed E-state index contributed by atoms with van der Waals surface area (Å²) in [6.45, 7) is 2.85. The highest BCUT2D eigenvalue weighted by atomic mass is 16.5. The predicted octanol–water partition coefficient (Wildman–Crippen LogP) is 7.02. The number of aromatic nitrogens is 2. The lowest BCUT2D eigenvalue weighted by Crippen LogP contribution is -2.21. The van der Waals surface area contributed by atoms with Gasteiger partial charge in [-0.05, 0) is 82.6 Å². The number of nitrogens with zero attached hydrogens (tertiary/aromatic N) is 1. The summed E-state index contributed by atoms with van der Waals surface area (Å²) < 4.78 is 5.39. The molecule has 7 rings (SSSR count). The van der Waals surface area contributed by atoms with E-state index in [1.54, 1.807) is 19.2 Å². The molecule has 0 bridgehead atoms. The number of benzene rings is 5. The fourth-order valence-corrected chi connectivity index (χ4v) is 6.75. The number of anilines is 2. The molecule has 7 N–H and O–H groups in total. The molecule has 0 fully saturated rings. The largest absolute Gasteiger partial charge is 0.506 e. The number of ether oxygens (including phenoxy) is 1. The number of primary amides is 1. The molecule has 0 aliphatic rings. The van der Waals surface area contributed by atoms with Crippen LogP contribution in [0.3, 0.4) is 0 Å². The number of amides is 1. The molecule has 0 saturated heterocycles. The Morgan fingerprint density at radius 1 is 0.887 bits per heavy atom. The second-order valence-corrected chi connectivity index (χ2v) is 13.1. The van der Waals surface area contributed by atoms with E-state index >= 15 is 0 Å². The van der Waals surface area contributed by atoms with Crippen molar-refractivity contribution in [3.63, 3.8) is 0 Å². The van der Waals surface area contributed by atoms with Crippen LogP contribution in [0.2, 0.25) is 0 Å². The molecule has 0 aliphatic heterocycles. The minimum absolute atomic E-state index is 0.0404. The molecule has 1 atom stereocenters. The van der Waals surface area contributed by atoms with Crippen molar-refractivity contribution in [3.05, 3.63) is 159 Å². The summed E-state index contributed by atoms with van der Waals surface area (Å²) in [5.74, 6) is 0.0811. The van der Waals surface area contributed by atoms with Crippen molar-refractivity contribution >= 4 is 39.1 Å².